The number of hydrogen-bond donors (Lipinski definition) is 2. The molecule has 6 nitrogen and oxygen atoms in total. The first-order valence-electron chi connectivity index (χ1n) is 11.7. The van der Waals surface area contributed by atoms with E-state index in [1.165, 1.54) is 49.9 Å². The molecule has 7 heteroatoms. The zero-order valence-corrected chi connectivity index (χ0v) is 21.5. The SMILES string of the molecule is CN=C(NCc1ccc(C)cc1OCC1CC1)NCC1(N2CCCC2)CCOCC1.I. The van der Waals surface area contributed by atoms with Crippen molar-refractivity contribution in [3.8, 4) is 5.75 Å². The minimum Gasteiger partial charge on any atom is -0.493 e. The van der Waals surface area contributed by atoms with Gasteiger partial charge >= 0.3 is 0 Å². The van der Waals surface area contributed by atoms with Crippen LogP contribution in [0.3, 0.4) is 0 Å². The molecule has 0 atom stereocenters. The second-order valence-electron chi connectivity index (χ2n) is 9.18. The van der Waals surface area contributed by atoms with E-state index in [1.807, 2.05) is 7.05 Å². The Labute approximate surface area is 204 Å². The molecular weight excluding hydrogens is 503 g/mol. The summed E-state index contributed by atoms with van der Waals surface area (Å²) in [5.41, 5.74) is 2.61. The number of aryl methyl sites for hydroxylation is 1. The minimum atomic E-state index is 0. The second kappa shape index (κ2) is 11.7. The van der Waals surface area contributed by atoms with E-state index in [1.54, 1.807) is 0 Å². The van der Waals surface area contributed by atoms with Crippen molar-refractivity contribution < 1.29 is 9.47 Å². The Morgan fingerprint density at radius 2 is 1.94 bits per heavy atom. The molecule has 174 valence electrons. The van der Waals surface area contributed by atoms with Gasteiger partial charge in [0.2, 0.25) is 0 Å². The van der Waals surface area contributed by atoms with Gasteiger partial charge < -0.3 is 20.1 Å². The quantitative estimate of drug-likeness (QED) is 0.298. The highest BCUT2D eigenvalue weighted by Crippen LogP contribution is 2.31. The molecule has 2 aliphatic heterocycles. The summed E-state index contributed by atoms with van der Waals surface area (Å²) in [6.07, 6.45) is 7.42. The highest BCUT2D eigenvalue weighted by Gasteiger charge is 2.39. The van der Waals surface area contributed by atoms with E-state index in [2.05, 4.69) is 45.6 Å². The molecule has 0 aromatic heterocycles. The Morgan fingerprint density at radius 3 is 2.61 bits per heavy atom. The van der Waals surface area contributed by atoms with Crippen molar-refractivity contribution in [2.24, 2.45) is 10.9 Å². The van der Waals surface area contributed by atoms with E-state index in [4.69, 9.17) is 9.47 Å². The van der Waals surface area contributed by atoms with Crippen LogP contribution in [0.4, 0.5) is 0 Å². The van der Waals surface area contributed by atoms with Crippen molar-refractivity contribution in [3.63, 3.8) is 0 Å². The van der Waals surface area contributed by atoms with Crippen LogP contribution in [-0.4, -0.2) is 62.9 Å². The van der Waals surface area contributed by atoms with E-state index >= 15 is 0 Å². The third-order valence-electron chi connectivity index (χ3n) is 6.85. The number of hydrogen-bond acceptors (Lipinski definition) is 4. The summed E-state index contributed by atoms with van der Waals surface area (Å²) in [6.45, 7) is 8.70. The lowest BCUT2D eigenvalue weighted by Crippen LogP contribution is -2.58. The molecule has 1 saturated carbocycles. The number of nitrogens with zero attached hydrogens (tertiary/aromatic N) is 2. The summed E-state index contributed by atoms with van der Waals surface area (Å²) in [4.78, 5) is 7.16. The van der Waals surface area contributed by atoms with Crippen LogP contribution in [0.5, 0.6) is 5.75 Å². The van der Waals surface area contributed by atoms with Crippen LogP contribution in [0.15, 0.2) is 23.2 Å². The molecule has 0 amide bonds. The van der Waals surface area contributed by atoms with Crippen LogP contribution in [0, 0.1) is 12.8 Å². The van der Waals surface area contributed by atoms with Gasteiger partial charge in [0, 0.05) is 44.5 Å². The van der Waals surface area contributed by atoms with E-state index in [0.717, 1.165) is 56.8 Å². The lowest BCUT2D eigenvalue weighted by molar-refractivity contribution is -0.0164. The fourth-order valence-electron chi connectivity index (χ4n) is 4.63. The molecule has 2 N–H and O–H groups in total. The molecule has 31 heavy (non-hydrogen) atoms. The van der Waals surface area contributed by atoms with Gasteiger partial charge in [-0.15, -0.1) is 24.0 Å². The number of halogens is 1. The summed E-state index contributed by atoms with van der Waals surface area (Å²) in [7, 11) is 1.85. The summed E-state index contributed by atoms with van der Waals surface area (Å²) >= 11 is 0. The van der Waals surface area contributed by atoms with Gasteiger partial charge in [0.05, 0.1) is 6.61 Å². The molecule has 0 radical (unpaired) electrons. The fourth-order valence-corrected chi connectivity index (χ4v) is 4.63. The number of rotatable bonds is 8. The molecule has 4 rings (SSSR count). The van der Waals surface area contributed by atoms with Crippen LogP contribution in [0.2, 0.25) is 0 Å². The van der Waals surface area contributed by atoms with E-state index in [-0.39, 0.29) is 29.5 Å². The number of likely N-dealkylation sites (tertiary alicyclic amines) is 1. The molecule has 2 heterocycles. The number of benzene rings is 1. The summed E-state index contributed by atoms with van der Waals surface area (Å²) in [6, 6.07) is 6.48. The van der Waals surface area contributed by atoms with Gasteiger partial charge in [0.15, 0.2) is 5.96 Å². The van der Waals surface area contributed by atoms with Crippen molar-refractivity contribution >= 4 is 29.9 Å². The number of ether oxygens (including phenoxy) is 2. The Kier molecular flexibility index (Phi) is 9.28. The van der Waals surface area contributed by atoms with Crippen LogP contribution in [-0.2, 0) is 11.3 Å². The molecule has 3 fully saturated rings. The Morgan fingerprint density at radius 1 is 1.19 bits per heavy atom. The van der Waals surface area contributed by atoms with Crippen molar-refractivity contribution in [3.05, 3.63) is 29.3 Å². The normalized spacial score (nSPS) is 21.4. The standard InChI is InChI=1S/C24H38N4O2.HI/c1-19-5-8-21(22(15-19)30-17-20-6-7-20)16-26-23(25-2)27-18-24(9-13-29-14-10-24)28-11-3-4-12-28;/h5,8,15,20H,3-4,6-7,9-14,16-18H2,1-2H3,(H2,25,26,27);1H. The maximum Gasteiger partial charge on any atom is 0.191 e. The maximum absolute atomic E-state index is 6.13. The molecule has 1 aromatic carbocycles. The molecule has 0 unspecified atom stereocenters. The minimum absolute atomic E-state index is 0. The summed E-state index contributed by atoms with van der Waals surface area (Å²) in [5, 5.41) is 7.12. The van der Waals surface area contributed by atoms with Gasteiger partial charge in [-0.3, -0.25) is 9.89 Å². The molecule has 0 bridgehead atoms. The zero-order valence-electron chi connectivity index (χ0n) is 19.1. The van der Waals surface area contributed by atoms with Crippen LogP contribution < -0.4 is 15.4 Å². The average molecular weight is 543 g/mol. The van der Waals surface area contributed by atoms with Crippen molar-refractivity contribution in [2.45, 2.75) is 57.5 Å². The topological polar surface area (TPSA) is 58.1 Å². The number of nitrogens with one attached hydrogen (secondary N) is 2. The molecule has 3 aliphatic rings. The highest BCUT2D eigenvalue weighted by molar-refractivity contribution is 14.0. The van der Waals surface area contributed by atoms with Crippen molar-refractivity contribution in [1.29, 1.82) is 0 Å². The van der Waals surface area contributed by atoms with Gasteiger partial charge in [0.1, 0.15) is 5.75 Å². The lowest BCUT2D eigenvalue weighted by atomic mass is 9.88. The van der Waals surface area contributed by atoms with Gasteiger partial charge in [-0.25, -0.2) is 0 Å². The van der Waals surface area contributed by atoms with E-state index in [0.29, 0.717) is 6.54 Å². The molecular formula is C24H39IN4O2. The smallest absolute Gasteiger partial charge is 0.191 e. The van der Waals surface area contributed by atoms with Gasteiger partial charge in [0.25, 0.3) is 0 Å². The molecule has 0 spiro atoms. The summed E-state index contributed by atoms with van der Waals surface area (Å²) < 4.78 is 11.8. The average Bonchev–Trinajstić information content (AvgIpc) is 3.43. The van der Waals surface area contributed by atoms with Crippen molar-refractivity contribution in [1.82, 2.24) is 15.5 Å². The highest BCUT2D eigenvalue weighted by atomic mass is 127. The first-order chi connectivity index (χ1) is 14.7. The largest absolute Gasteiger partial charge is 0.493 e. The third kappa shape index (κ3) is 6.71. The summed E-state index contributed by atoms with van der Waals surface area (Å²) in [5.74, 6) is 2.61. The van der Waals surface area contributed by atoms with Crippen LogP contribution >= 0.6 is 24.0 Å². The van der Waals surface area contributed by atoms with E-state index < -0.39 is 0 Å². The van der Waals surface area contributed by atoms with Crippen LogP contribution in [0.25, 0.3) is 0 Å². The monoisotopic (exact) mass is 542 g/mol. The van der Waals surface area contributed by atoms with Gasteiger partial charge in [-0.2, -0.15) is 0 Å². The molecule has 2 saturated heterocycles. The van der Waals surface area contributed by atoms with E-state index in [9.17, 15) is 0 Å². The number of guanidine groups is 1. The third-order valence-corrected chi connectivity index (χ3v) is 6.85. The Bertz CT molecular complexity index is 726. The van der Waals surface area contributed by atoms with Gasteiger partial charge in [-0.1, -0.05) is 12.1 Å². The van der Waals surface area contributed by atoms with Crippen LogP contribution in [0.1, 0.15) is 49.7 Å². The lowest BCUT2D eigenvalue weighted by Gasteiger charge is -2.45. The molecule has 1 aliphatic carbocycles. The second-order valence-corrected chi connectivity index (χ2v) is 9.18. The predicted octanol–water partition coefficient (Wildman–Crippen LogP) is 3.71. The number of aliphatic imine (C=N–C) groups is 1. The maximum atomic E-state index is 6.13. The Hall–Kier alpha value is -1.06. The first kappa shape index (κ1) is 24.6. The van der Waals surface area contributed by atoms with Gasteiger partial charge in [-0.05, 0) is 76.1 Å². The molecule has 1 aromatic rings. The predicted molar refractivity (Wildman–Crippen MR) is 137 cm³/mol. The fraction of sp³-hybridized carbons (Fsp3) is 0.708. The zero-order chi connectivity index (χ0) is 20.8. The first-order valence-corrected chi connectivity index (χ1v) is 11.7. The van der Waals surface area contributed by atoms with Crippen molar-refractivity contribution in [2.75, 3.05) is 46.5 Å². The Balaban J connectivity index is 0.00000272.